The Labute approximate surface area is 243 Å². The first kappa shape index (κ1) is 27.3. The SMILES string of the molecule is COc1c(Cl)c(Cc2ccc(P3(c4ccccc4)(c4ccccc4)C=CCCC3)cc2)c(Cl)c(OC)c1Br. The van der Waals surface area contributed by atoms with Crippen molar-refractivity contribution >= 4 is 61.6 Å². The van der Waals surface area contributed by atoms with E-state index in [0.29, 0.717) is 32.4 Å². The molecule has 1 aliphatic rings. The van der Waals surface area contributed by atoms with Gasteiger partial charge in [-0.15, -0.1) is 0 Å². The molecule has 0 bridgehead atoms. The number of ether oxygens (including phenoxy) is 2. The molecule has 5 rings (SSSR count). The Morgan fingerprint density at radius 1 is 0.737 bits per heavy atom. The van der Waals surface area contributed by atoms with E-state index in [1.165, 1.54) is 15.9 Å². The molecule has 1 heterocycles. The van der Waals surface area contributed by atoms with Gasteiger partial charge in [-0.25, -0.2) is 0 Å². The second kappa shape index (κ2) is 11.1. The molecular formula is C32H30BrCl2O2P. The van der Waals surface area contributed by atoms with E-state index in [4.69, 9.17) is 32.7 Å². The van der Waals surface area contributed by atoms with Gasteiger partial charge in [0.15, 0.2) is 0 Å². The molecule has 0 radical (unpaired) electrons. The van der Waals surface area contributed by atoms with Crippen LogP contribution in [0.2, 0.25) is 10.0 Å². The van der Waals surface area contributed by atoms with Gasteiger partial charge < -0.3 is 0 Å². The molecule has 38 heavy (non-hydrogen) atoms. The van der Waals surface area contributed by atoms with Crippen molar-refractivity contribution in [3.05, 3.63) is 122 Å². The first-order valence-corrected chi connectivity index (χ1v) is 16.7. The fraction of sp³-hybridized carbons (Fsp3) is 0.188. The summed E-state index contributed by atoms with van der Waals surface area (Å²) in [5, 5.41) is 5.15. The summed E-state index contributed by atoms with van der Waals surface area (Å²) in [7, 11) is 3.18. The van der Waals surface area contributed by atoms with Gasteiger partial charge in [0.2, 0.25) is 0 Å². The van der Waals surface area contributed by atoms with Crippen LogP contribution in [0.25, 0.3) is 0 Å². The molecule has 0 unspecified atom stereocenters. The molecule has 4 aromatic rings. The van der Waals surface area contributed by atoms with Gasteiger partial charge in [0.1, 0.15) is 0 Å². The summed E-state index contributed by atoms with van der Waals surface area (Å²) in [5.74, 6) is 3.60. The zero-order chi connectivity index (χ0) is 26.8. The van der Waals surface area contributed by atoms with E-state index in [0.717, 1.165) is 30.1 Å². The summed E-state index contributed by atoms with van der Waals surface area (Å²) < 4.78 is 11.7. The fourth-order valence-electron chi connectivity index (χ4n) is 5.89. The van der Waals surface area contributed by atoms with Gasteiger partial charge in [0.25, 0.3) is 0 Å². The number of halogens is 3. The Bertz CT molecular complexity index is 1400. The first-order chi connectivity index (χ1) is 18.5. The van der Waals surface area contributed by atoms with E-state index in [1.54, 1.807) is 14.2 Å². The molecule has 0 aromatic heterocycles. The number of hydrogen-bond acceptors (Lipinski definition) is 2. The van der Waals surface area contributed by atoms with E-state index >= 15 is 0 Å². The summed E-state index contributed by atoms with van der Waals surface area (Å²) in [6.07, 6.45) is 6.34. The number of rotatable bonds is 7. The maximum atomic E-state index is 6.76. The van der Waals surface area contributed by atoms with Crippen molar-refractivity contribution in [2.45, 2.75) is 19.3 Å². The average molecular weight is 628 g/mol. The zero-order valence-corrected chi connectivity index (χ0v) is 25.5. The fourth-order valence-corrected chi connectivity index (χ4v) is 13.9. The van der Waals surface area contributed by atoms with E-state index in [1.807, 2.05) is 0 Å². The Kier molecular flexibility index (Phi) is 7.94. The van der Waals surface area contributed by atoms with Crippen LogP contribution in [0.15, 0.2) is 101 Å². The van der Waals surface area contributed by atoms with Crippen molar-refractivity contribution in [2.75, 3.05) is 20.4 Å². The molecule has 0 atom stereocenters. The molecule has 1 aliphatic heterocycles. The van der Waals surface area contributed by atoms with Gasteiger partial charge in [0.05, 0.1) is 0 Å². The van der Waals surface area contributed by atoms with Crippen LogP contribution in [-0.4, -0.2) is 20.4 Å². The van der Waals surface area contributed by atoms with Crippen LogP contribution in [0.1, 0.15) is 24.0 Å². The molecule has 0 N–H and O–H groups in total. The zero-order valence-electron chi connectivity index (χ0n) is 21.5. The average Bonchev–Trinajstić information content (AvgIpc) is 2.97. The third-order valence-electron chi connectivity index (χ3n) is 7.76. The number of methoxy groups -OCH3 is 2. The van der Waals surface area contributed by atoms with Crippen LogP contribution in [0.5, 0.6) is 11.5 Å². The molecule has 0 aliphatic carbocycles. The van der Waals surface area contributed by atoms with Crippen LogP contribution in [-0.2, 0) is 6.42 Å². The van der Waals surface area contributed by atoms with Crippen molar-refractivity contribution < 1.29 is 9.47 Å². The van der Waals surface area contributed by atoms with E-state index in [2.05, 4.69) is 113 Å². The first-order valence-electron chi connectivity index (χ1n) is 12.6. The Morgan fingerprint density at radius 3 is 1.68 bits per heavy atom. The molecule has 2 nitrogen and oxygen atoms in total. The molecule has 0 fully saturated rings. The van der Waals surface area contributed by atoms with Crippen molar-refractivity contribution in [1.29, 1.82) is 0 Å². The number of hydrogen-bond donors (Lipinski definition) is 0. The minimum absolute atomic E-state index is 0.486. The third-order valence-corrected chi connectivity index (χ3v) is 15.8. The standard InChI is InChI=1S/C32H30BrCl2O2P/c1-36-31-28(33)32(37-2)30(35)27(29(31)34)22-23-16-18-26(19-17-23)38(20-10-5-11-21-38,24-12-6-3-7-13-24)25-14-8-4-9-15-25/h3-4,6-10,12-20H,5,11,21-22H2,1-2H3. The quantitative estimate of drug-likeness (QED) is 0.191. The molecular weight excluding hydrogens is 598 g/mol. The van der Waals surface area contributed by atoms with E-state index in [-0.39, 0.29) is 0 Å². The summed E-state index contributed by atoms with van der Waals surface area (Å²) in [5.41, 5.74) is 1.89. The molecule has 4 aromatic carbocycles. The Morgan fingerprint density at radius 2 is 1.24 bits per heavy atom. The second-order valence-corrected chi connectivity index (χ2v) is 16.2. The van der Waals surface area contributed by atoms with Gasteiger partial charge in [-0.05, 0) is 0 Å². The van der Waals surface area contributed by atoms with Crippen LogP contribution >= 0.6 is 45.7 Å². The summed E-state index contributed by atoms with van der Waals surface area (Å²) >= 11 is 17.0. The topological polar surface area (TPSA) is 18.5 Å². The van der Waals surface area contributed by atoms with Crippen molar-refractivity contribution in [2.24, 2.45) is 0 Å². The van der Waals surface area contributed by atoms with Gasteiger partial charge >= 0.3 is 245 Å². The normalized spacial score (nSPS) is 16.8. The molecule has 6 heteroatoms. The number of allylic oxidation sites excluding steroid dienone is 1. The Hall–Kier alpha value is -2.29. The second-order valence-electron chi connectivity index (χ2n) is 9.63. The summed E-state index contributed by atoms with van der Waals surface area (Å²) in [6.45, 7) is -2.83. The van der Waals surface area contributed by atoms with Gasteiger partial charge in [-0.3, -0.25) is 0 Å². The van der Waals surface area contributed by atoms with Crippen molar-refractivity contribution in [1.82, 2.24) is 0 Å². The molecule has 0 spiro atoms. The van der Waals surface area contributed by atoms with Gasteiger partial charge in [0, 0.05) is 0 Å². The predicted molar refractivity (Wildman–Crippen MR) is 168 cm³/mol. The summed E-state index contributed by atoms with van der Waals surface area (Å²) in [6, 6.07) is 31.2. The van der Waals surface area contributed by atoms with E-state index in [9.17, 15) is 0 Å². The van der Waals surface area contributed by atoms with Crippen LogP contribution in [0.3, 0.4) is 0 Å². The van der Waals surface area contributed by atoms with Crippen molar-refractivity contribution in [3.63, 3.8) is 0 Å². The van der Waals surface area contributed by atoms with Gasteiger partial charge in [-0.2, -0.15) is 0 Å². The van der Waals surface area contributed by atoms with Gasteiger partial charge in [-0.1, -0.05) is 0 Å². The number of benzene rings is 4. The van der Waals surface area contributed by atoms with Crippen molar-refractivity contribution in [3.8, 4) is 11.5 Å². The molecule has 0 amide bonds. The summed E-state index contributed by atoms with van der Waals surface area (Å²) in [4.78, 5) is 0. The molecule has 0 saturated carbocycles. The Balaban J connectivity index is 1.66. The van der Waals surface area contributed by atoms with Crippen LogP contribution < -0.4 is 25.4 Å². The predicted octanol–water partition coefficient (Wildman–Crippen LogP) is 8.50. The monoisotopic (exact) mass is 626 g/mol. The molecule has 196 valence electrons. The van der Waals surface area contributed by atoms with Crippen LogP contribution in [0.4, 0.5) is 0 Å². The van der Waals surface area contributed by atoms with Crippen LogP contribution in [0, 0.1) is 0 Å². The maximum absolute atomic E-state index is 6.76. The third kappa shape index (κ3) is 4.29. The van der Waals surface area contributed by atoms with E-state index < -0.39 is 6.60 Å². The minimum atomic E-state index is -2.83. The molecule has 0 saturated heterocycles.